The van der Waals surface area contributed by atoms with Crippen LogP contribution in [0.2, 0.25) is 0 Å². The zero-order chi connectivity index (χ0) is 18.5. The minimum atomic E-state index is -0.158. The quantitative estimate of drug-likeness (QED) is 0.505. The van der Waals surface area contributed by atoms with Crippen molar-refractivity contribution in [3.8, 4) is 0 Å². The van der Waals surface area contributed by atoms with Crippen molar-refractivity contribution in [3.63, 3.8) is 0 Å². The van der Waals surface area contributed by atoms with Crippen molar-refractivity contribution in [2.24, 2.45) is 39.7 Å². The van der Waals surface area contributed by atoms with Crippen molar-refractivity contribution >= 4 is 0 Å². The molecule has 0 spiro atoms. The van der Waals surface area contributed by atoms with Gasteiger partial charge in [0.25, 0.3) is 0 Å². The van der Waals surface area contributed by atoms with E-state index in [9.17, 15) is 10.0 Å². The average Bonchev–Trinajstić information content (AvgIpc) is 2.95. The van der Waals surface area contributed by atoms with Crippen LogP contribution >= 0.6 is 0 Å². The summed E-state index contributed by atoms with van der Waals surface area (Å²) < 4.78 is 0. The molecule has 0 radical (unpaired) electrons. The lowest BCUT2D eigenvalue weighted by atomic mass is 9.47. The molecule has 3 saturated carbocycles. The summed E-state index contributed by atoms with van der Waals surface area (Å²) in [6.45, 7) is 7.01. The minimum absolute atomic E-state index is 0.0241. The molecule has 0 heterocycles. The van der Waals surface area contributed by atoms with Crippen LogP contribution < -0.4 is 0 Å². The summed E-state index contributed by atoms with van der Waals surface area (Å²) in [5, 5.41) is 13.1. The summed E-state index contributed by atoms with van der Waals surface area (Å²) in [6, 6.07) is 0.0241. The van der Waals surface area contributed by atoms with E-state index >= 15 is 0 Å². The van der Waals surface area contributed by atoms with Gasteiger partial charge in [-0.2, -0.15) is 4.91 Å². The number of aliphatic hydroxyl groups is 1. The third-order valence-electron chi connectivity index (χ3n) is 9.36. The molecule has 0 amide bonds. The number of nitrogens with zero attached hydrogens (tertiary/aromatic N) is 1. The van der Waals surface area contributed by atoms with Crippen molar-refractivity contribution in [3.05, 3.63) is 16.6 Å². The predicted molar refractivity (Wildman–Crippen MR) is 106 cm³/mol. The highest BCUT2D eigenvalue weighted by molar-refractivity contribution is 5.25. The van der Waals surface area contributed by atoms with Gasteiger partial charge in [-0.15, -0.1) is 0 Å². The van der Waals surface area contributed by atoms with E-state index in [1.54, 1.807) is 5.57 Å². The van der Waals surface area contributed by atoms with Crippen LogP contribution in [0.4, 0.5) is 0 Å². The van der Waals surface area contributed by atoms with Crippen molar-refractivity contribution in [1.82, 2.24) is 0 Å². The van der Waals surface area contributed by atoms with Crippen LogP contribution in [0.3, 0.4) is 0 Å². The summed E-state index contributed by atoms with van der Waals surface area (Å²) in [5.74, 6) is 3.30. The Bertz CT molecular complexity index is 585. The number of aliphatic hydroxyl groups excluding tert-OH is 1. The Morgan fingerprint density at radius 3 is 2.73 bits per heavy atom. The molecule has 4 rings (SSSR count). The Labute approximate surface area is 159 Å². The van der Waals surface area contributed by atoms with E-state index in [4.69, 9.17) is 0 Å². The second kappa shape index (κ2) is 6.72. The van der Waals surface area contributed by atoms with Crippen LogP contribution in [0.25, 0.3) is 0 Å². The maximum absolute atomic E-state index is 11.1. The summed E-state index contributed by atoms with van der Waals surface area (Å²) >= 11 is 0. The lowest BCUT2D eigenvalue weighted by molar-refractivity contribution is -0.0444. The van der Waals surface area contributed by atoms with Gasteiger partial charge in [-0.25, -0.2) is 0 Å². The van der Waals surface area contributed by atoms with Gasteiger partial charge in [-0.1, -0.05) is 30.7 Å². The molecular weight excluding hydrogens is 322 g/mol. The van der Waals surface area contributed by atoms with Crippen molar-refractivity contribution < 1.29 is 5.11 Å². The third kappa shape index (κ3) is 2.80. The van der Waals surface area contributed by atoms with Crippen LogP contribution in [0, 0.1) is 39.4 Å². The molecule has 8 atom stereocenters. The maximum Gasteiger partial charge on any atom is 0.0957 e. The Kier molecular flexibility index (Phi) is 4.82. The van der Waals surface area contributed by atoms with Crippen LogP contribution in [0.1, 0.15) is 85.0 Å². The number of allylic oxidation sites excluding steroid dienone is 1. The number of fused-ring (bicyclic) bond motifs is 5. The van der Waals surface area contributed by atoms with E-state index in [1.807, 2.05) is 6.92 Å². The molecule has 0 aliphatic heterocycles. The molecule has 146 valence electrons. The second-order valence-corrected chi connectivity index (χ2v) is 10.5. The Balaban J connectivity index is 1.55. The fraction of sp³-hybridized carbons (Fsp3) is 0.913. The van der Waals surface area contributed by atoms with E-state index in [0.29, 0.717) is 10.8 Å². The number of rotatable bonds is 4. The molecule has 3 nitrogen and oxygen atoms in total. The zero-order valence-corrected chi connectivity index (χ0v) is 16.9. The molecule has 0 saturated heterocycles. The minimum Gasteiger partial charge on any atom is -0.393 e. The fourth-order valence-electron chi connectivity index (χ4n) is 7.76. The molecule has 0 aromatic heterocycles. The largest absolute Gasteiger partial charge is 0.393 e. The first-order chi connectivity index (χ1) is 12.4. The van der Waals surface area contributed by atoms with Gasteiger partial charge in [-0.3, -0.25) is 0 Å². The van der Waals surface area contributed by atoms with E-state index in [2.05, 4.69) is 25.1 Å². The standard InChI is InChI=1S/C23H37NO2/c1-15(25)4-5-16-7-9-20-19-8-6-17-14-18(24-26)10-12-23(17,3)21(19)11-13-22(16,20)2/h6,15-16,18-21,25H,4-5,7-14H2,1-3H3. The highest BCUT2D eigenvalue weighted by Crippen LogP contribution is 2.66. The smallest absolute Gasteiger partial charge is 0.0957 e. The van der Waals surface area contributed by atoms with Crippen LogP contribution in [-0.4, -0.2) is 17.3 Å². The SMILES string of the molecule is CC(O)CCC1CCC2C3CC=C4CC(N=O)CCC4(C)C3CCC12C. The van der Waals surface area contributed by atoms with Gasteiger partial charge in [-0.05, 0) is 106 Å². The zero-order valence-electron chi connectivity index (χ0n) is 16.9. The normalized spacial score (nSPS) is 48.8. The predicted octanol–water partition coefficient (Wildman–Crippen LogP) is 5.86. The maximum atomic E-state index is 11.1. The molecule has 3 fully saturated rings. The first-order valence-corrected chi connectivity index (χ1v) is 11.1. The first kappa shape index (κ1) is 18.7. The molecule has 4 aliphatic rings. The van der Waals surface area contributed by atoms with E-state index < -0.39 is 0 Å². The van der Waals surface area contributed by atoms with E-state index in [1.165, 1.54) is 38.5 Å². The number of hydrogen-bond donors (Lipinski definition) is 1. The Morgan fingerprint density at radius 2 is 2.00 bits per heavy atom. The molecule has 0 bridgehead atoms. The molecule has 26 heavy (non-hydrogen) atoms. The topological polar surface area (TPSA) is 49.7 Å². The van der Waals surface area contributed by atoms with E-state index in [0.717, 1.165) is 49.4 Å². The lowest BCUT2D eigenvalue weighted by Gasteiger charge is -2.58. The third-order valence-corrected chi connectivity index (χ3v) is 9.36. The monoisotopic (exact) mass is 359 g/mol. The van der Waals surface area contributed by atoms with Crippen LogP contribution in [0.5, 0.6) is 0 Å². The van der Waals surface area contributed by atoms with Gasteiger partial charge in [0.15, 0.2) is 0 Å². The van der Waals surface area contributed by atoms with Crippen molar-refractivity contribution in [2.75, 3.05) is 0 Å². The summed E-state index contributed by atoms with van der Waals surface area (Å²) in [6.07, 6.45) is 14.3. The van der Waals surface area contributed by atoms with Crippen molar-refractivity contribution in [2.45, 2.75) is 97.1 Å². The Morgan fingerprint density at radius 1 is 1.19 bits per heavy atom. The number of nitroso groups, excluding NO2 is 1. The molecule has 3 heteroatoms. The molecule has 0 aromatic carbocycles. The first-order valence-electron chi connectivity index (χ1n) is 11.1. The number of hydrogen-bond acceptors (Lipinski definition) is 3. The highest BCUT2D eigenvalue weighted by atomic mass is 16.3. The van der Waals surface area contributed by atoms with Gasteiger partial charge in [0.1, 0.15) is 0 Å². The molecule has 8 unspecified atom stereocenters. The molecular formula is C23H37NO2. The van der Waals surface area contributed by atoms with Crippen LogP contribution in [-0.2, 0) is 0 Å². The summed E-state index contributed by atoms with van der Waals surface area (Å²) in [4.78, 5) is 11.1. The molecule has 4 aliphatic carbocycles. The lowest BCUT2D eigenvalue weighted by Crippen LogP contribution is -2.50. The Hall–Kier alpha value is -0.700. The fourth-order valence-corrected chi connectivity index (χ4v) is 7.76. The molecule has 0 aromatic rings. The van der Waals surface area contributed by atoms with Gasteiger partial charge in [0, 0.05) is 0 Å². The van der Waals surface area contributed by atoms with Crippen molar-refractivity contribution in [1.29, 1.82) is 0 Å². The second-order valence-electron chi connectivity index (χ2n) is 10.5. The van der Waals surface area contributed by atoms with Gasteiger partial charge in [0.2, 0.25) is 0 Å². The van der Waals surface area contributed by atoms with Gasteiger partial charge >= 0.3 is 0 Å². The highest BCUT2D eigenvalue weighted by Gasteiger charge is 2.58. The van der Waals surface area contributed by atoms with Crippen LogP contribution in [0.15, 0.2) is 16.8 Å². The van der Waals surface area contributed by atoms with E-state index in [-0.39, 0.29) is 12.1 Å². The van der Waals surface area contributed by atoms with Gasteiger partial charge < -0.3 is 5.11 Å². The summed E-state index contributed by atoms with van der Waals surface area (Å²) in [7, 11) is 0. The average molecular weight is 360 g/mol. The van der Waals surface area contributed by atoms with Gasteiger partial charge in [0.05, 0.1) is 12.1 Å². The summed E-state index contributed by atoms with van der Waals surface area (Å²) in [5.41, 5.74) is 2.37. The molecule has 1 N–H and O–H groups in total.